The molecule has 0 radical (unpaired) electrons. The highest BCUT2D eigenvalue weighted by Crippen LogP contribution is 2.26. The summed E-state index contributed by atoms with van der Waals surface area (Å²) >= 11 is 0. The van der Waals surface area contributed by atoms with E-state index in [0.717, 1.165) is 12.3 Å². The van der Waals surface area contributed by atoms with Crippen LogP contribution in [0.5, 0.6) is 0 Å². The van der Waals surface area contributed by atoms with Crippen molar-refractivity contribution < 1.29 is 0 Å². The van der Waals surface area contributed by atoms with Gasteiger partial charge in [0, 0.05) is 6.04 Å². The van der Waals surface area contributed by atoms with Crippen LogP contribution in [0.3, 0.4) is 0 Å². The van der Waals surface area contributed by atoms with Gasteiger partial charge in [-0.25, -0.2) is 0 Å². The first-order valence-electron chi connectivity index (χ1n) is 11.7. The lowest BCUT2D eigenvalue weighted by molar-refractivity contribution is 0.388. The van der Waals surface area contributed by atoms with Crippen molar-refractivity contribution in [1.82, 2.24) is 0 Å². The van der Waals surface area contributed by atoms with Crippen molar-refractivity contribution in [3.8, 4) is 11.1 Å². The molecule has 29 heavy (non-hydrogen) atoms. The minimum Gasteiger partial charge on any atom is -0.328 e. The number of benzene rings is 2. The molecular weight excluding hydrogens is 350 g/mol. The summed E-state index contributed by atoms with van der Waals surface area (Å²) in [5.74, 6) is 1.46. The molecule has 0 aromatic heterocycles. The van der Waals surface area contributed by atoms with Crippen molar-refractivity contribution >= 4 is 0 Å². The van der Waals surface area contributed by atoms with Crippen LogP contribution in [-0.2, 0) is 6.42 Å². The van der Waals surface area contributed by atoms with Crippen LogP contribution in [0.1, 0.15) is 71.8 Å². The zero-order valence-corrected chi connectivity index (χ0v) is 19.2. The summed E-state index contributed by atoms with van der Waals surface area (Å²) in [4.78, 5) is 0. The third-order valence-corrected chi connectivity index (χ3v) is 5.69. The molecule has 2 atom stereocenters. The van der Waals surface area contributed by atoms with Crippen molar-refractivity contribution in [2.45, 2.75) is 78.7 Å². The van der Waals surface area contributed by atoms with Gasteiger partial charge in [-0.3, -0.25) is 0 Å². The van der Waals surface area contributed by atoms with Crippen molar-refractivity contribution in [2.24, 2.45) is 17.6 Å². The van der Waals surface area contributed by atoms with Crippen molar-refractivity contribution in [3.05, 3.63) is 72.8 Å². The smallest absolute Gasteiger partial charge is 0.00419 e. The molecular formula is C28H43N. The predicted octanol–water partition coefficient (Wildman–Crippen LogP) is 8.05. The lowest BCUT2D eigenvalue weighted by Crippen LogP contribution is -2.28. The highest BCUT2D eigenvalue weighted by Gasteiger charge is 2.14. The maximum atomic E-state index is 6.17. The molecule has 160 valence electrons. The van der Waals surface area contributed by atoms with E-state index >= 15 is 0 Å². The Morgan fingerprint density at radius 1 is 1.03 bits per heavy atom. The zero-order chi connectivity index (χ0) is 21.5. The molecule has 1 fully saturated rings. The van der Waals surface area contributed by atoms with Crippen LogP contribution in [0.4, 0.5) is 0 Å². The Morgan fingerprint density at radius 3 is 2.17 bits per heavy atom. The number of nitrogens with two attached hydrogens (primary N) is 1. The Kier molecular flexibility index (Phi) is 13.1. The van der Waals surface area contributed by atoms with Gasteiger partial charge >= 0.3 is 0 Å². The number of allylic oxidation sites excluding steroid dienone is 1. The monoisotopic (exact) mass is 393 g/mol. The van der Waals surface area contributed by atoms with Gasteiger partial charge in [0.2, 0.25) is 0 Å². The number of hydrogen-bond donors (Lipinski definition) is 1. The topological polar surface area (TPSA) is 26.0 Å². The van der Waals surface area contributed by atoms with Crippen LogP contribution in [-0.4, -0.2) is 6.04 Å². The SMILES string of the molecule is C=CC1CCC1.CC.CCCCC(Cc1cccc(-c2ccccc2)c1)C(C)N. The summed E-state index contributed by atoms with van der Waals surface area (Å²) in [6.07, 6.45) is 11.1. The van der Waals surface area contributed by atoms with Crippen molar-refractivity contribution in [3.63, 3.8) is 0 Å². The van der Waals surface area contributed by atoms with Crippen LogP contribution in [0.2, 0.25) is 0 Å². The van der Waals surface area contributed by atoms with Crippen LogP contribution in [0.15, 0.2) is 67.3 Å². The molecule has 1 aliphatic rings. The van der Waals surface area contributed by atoms with Gasteiger partial charge in [-0.2, -0.15) is 0 Å². The average molecular weight is 394 g/mol. The molecule has 0 heterocycles. The fourth-order valence-electron chi connectivity index (χ4n) is 3.50. The molecule has 2 aromatic carbocycles. The molecule has 0 spiro atoms. The third-order valence-electron chi connectivity index (χ3n) is 5.69. The number of hydrogen-bond acceptors (Lipinski definition) is 1. The highest BCUT2D eigenvalue weighted by molar-refractivity contribution is 5.63. The zero-order valence-electron chi connectivity index (χ0n) is 19.2. The van der Waals surface area contributed by atoms with Crippen LogP contribution in [0.25, 0.3) is 11.1 Å². The van der Waals surface area contributed by atoms with E-state index < -0.39 is 0 Å². The van der Waals surface area contributed by atoms with Gasteiger partial charge in [-0.05, 0) is 61.1 Å². The Balaban J connectivity index is 0.000000442. The van der Waals surface area contributed by atoms with E-state index in [2.05, 4.69) is 81.1 Å². The molecule has 0 amide bonds. The Morgan fingerprint density at radius 2 is 1.69 bits per heavy atom. The second-order valence-corrected chi connectivity index (χ2v) is 7.96. The average Bonchev–Trinajstić information content (AvgIpc) is 2.73. The summed E-state index contributed by atoms with van der Waals surface area (Å²) in [5.41, 5.74) is 10.2. The Bertz CT molecular complexity index is 655. The lowest BCUT2D eigenvalue weighted by Gasteiger charge is -2.21. The van der Waals surface area contributed by atoms with Gasteiger partial charge in [-0.1, -0.05) is 101 Å². The maximum absolute atomic E-state index is 6.17. The van der Waals surface area contributed by atoms with Gasteiger partial charge in [0.15, 0.2) is 0 Å². The number of rotatable bonds is 8. The Hall–Kier alpha value is -1.86. The van der Waals surface area contributed by atoms with Crippen LogP contribution >= 0.6 is 0 Å². The summed E-state index contributed by atoms with van der Waals surface area (Å²) in [6, 6.07) is 19.7. The fourth-order valence-corrected chi connectivity index (χ4v) is 3.50. The second kappa shape index (κ2) is 15.0. The summed E-state index contributed by atoms with van der Waals surface area (Å²) in [6.45, 7) is 12.1. The molecule has 1 nitrogen and oxygen atoms in total. The molecule has 1 saturated carbocycles. The molecule has 2 unspecified atom stereocenters. The van der Waals surface area contributed by atoms with Crippen LogP contribution < -0.4 is 5.73 Å². The van der Waals surface area contributed by atoms with Crippen molar-refractivity contribution in [1.29, 1.82) is 0 Å². The molecule has 0 aliphatic heterocycles. The summed E-state index contributed by atoms with van der Waals surface area (Å²) < 4.78 is 0. The summed E-state index contributed by atoms with van der Waals surface area (Å²) in [5, 5.41) is 0. The maximum Gasteiger partial charge on any atom is 0.00419 e. The first-order valence-corrected chi connectivity index (χ1v) is 11.7. The molecule has 1 heteroatoms. The van der Waals surface area contributed by atoms with E-state index in [-0.39, 0.29) is 6.04 Å². The first kappa shape index (κ1) is 25.2. The normalized spacial score (nSPS) is 14.9. The molecule has 2 aromatic rings. The molecule has 2 N–H and O–H groups in total. The second-order valence-electron chi connectivity index (χ2n) is 7.96. The van der Waals surface area contributed by atoms with E-state index in [9.17, 15) is 0 Å². The number of unbranched alkanes of at least 4 members (excludes halogenated alkanes) is 1. The van der Waals surface area contributed by atoms with Gasteiger partial charge in [0.25, 0.3) is 0 Å². The van der Waals surface area contributed by atoms with Gasteiger partial charge < -0.3 is 5.73 Å². The third kappa shape index (κ3) is 9.45. The Labute approximate surface area is 180 Å². The van der Waals surface area contributed by atoms with Crippen molar-refractivity contribution in [2.75, 3.05) is 0 Å². The molecule has 0 saturated heterocycles. The first-order chi connectivity index (χ1) is 14.1. The van der Waals surface area contributed by atoms with E-state index in [4.69, 9.17) is 5.73 Å². The molecule has 0 bridgehead atoms. The fraction of sp³-hybridized carbons (Fsp3) is 0.500. The van der Waals surface area contributed by atoms with E-state index in [1.165, 1.54) is 55.2 Å². The highest BCUT2D eigenvalue weighted by atomic mass is 14.6. The van der Waals surface area contributed by atoms with Gasteiger partial charge in [0.1, 0.15) is 0 Å². The molecule has 1 aliphatic carbocycles. The van der Waals surface area contributed by atoms with E-state index in [1.54, 1.807) is 0 Å². The lowest BCUT2D eigenvalue weighted by atomic mass is 9.86. The van der Waals surface area contributed by atoms with Crippen LogP contribution in [0, 0.1) is 11.8 Å². The minimum atomic E-state index is 0.261. The summed E-state index contributed by atoms with van der Waals surface area (Å²) in [7, 11) is 0. The van der Waals surface area contributed by atoms with E-state index in [0.29, 0.717) is 5.92 Å². The largest absolute Gasteiger partial charge is 0.328 e. The van der Waals surface area contributed by atoms with Gasteiger partial charge in [-0.15, -0.1) is 6.58 Å². The van der Waals surface area contributed by atoms with Gasteiger partial charge in [0.05, 0.1) is 0 Å². The molecule has 3 rings (SSSR count). The quantitative estimate of drug-likeness (QED) is 0.451. The predicted molar refractivity (Wildman–Crippen MR) is 131 cm³/mol. The minimum absolute atomic E-state index is 0.261. The standard InChI is InChI=1S/C20H27N.C6H10.C2H6/c1-3-4-10-19(16(2)21)14-17-9-8-13-20(15-17)18-11-6-5-7-12-18;1-2-6-4-3-5-6;1-2/h5-9,11-13,15-16,19H,3-4,10,14,21H2,1-2H3;2,6H,1,3-5H2;1-2H3. The van der Waals surface area contributed by atoms with E-state index in [1.807, 2.05) is 13.8 Å².